The predicted octanol–water partition coefficient (Wildman–Crippen LogP) is 4.63. The number of thiazole rings is 1. The molecule has 6 heteroatoms. The number of aromatic nitrogens is 1. The van der Waals surface area contributed by atoms with Crippen molar-refractivity contribution in [3.8, 4) is 0 Å². The molecule has 3 aromatic rings. The van der Waals surface area contributed by atoms with Crippen LogP contribution in [0.4, 0.5) is 8.78 Å². The molecule has 0 aliphatic rings. The van der Waals surface area contributed by atoms with Crippen LogP contribution in [0, 0.1) is 11.6 Å². The number of aryl methyl sites for hydroxylation is 1. The largest absolute Gasteiger partial charge is 0.346 e. The fraction of sp³-hybridized carbons (Fsp3) is 0.238. The first-order chi connectivity index (χ1) is 13.0. The van der Waals surface area contributed by atoms with Crippen LogP contribution in [0.1, 0.15) is 34.8 Å². The lowest BCUT2D eigenvalue weighted by Crippen LogP contribution is -2.31. The topological polar surface area (TPSA) is 42.0 Å². The van der Waals surface area contributed by atoms with E-state index in [-0.39, 0.29) is 18.4 Å². The fourth-order valence-electron chi connectivity index (χ4n) is 2.78. The van der Waals surface area contributed by atoms with Gasteiger partial charge in [0.25, 0.3) is 0 Å². The Morgan fingerprint density at radius 1 is 1.11 bits per heavy atom. The molecule has 1 amide bonds. The van der Waals surface area contributed by atoms with E-state index in [1.165, 1.54) is 17.4 Å². The van der Waals surface area contributed by atoms with Gasteiger partial charge >= 0.3 is 0 Å². The van der Waals surface area contributed by atoms with Crippen LogP contribution >= 0.6 is 11.3 Å². The maximum absolute atomic E-state index is 13.4. The van der Waals surface area contributed by atoms with Gasteiger partial charge in [-0.1, -0.05) is 43.3 Å². The molecular weight excluding hydrogens is 366 g/mol. The number of carbonyl (C=O) groups excluding carboxylic acids is 1. The molecule has 3 rings (SSSR count). The van der Waals surface area contributed by atoms with Gasteiger partial charge in [-0.2, -0.15) is 0 Å². The zero-order valence-corrected chi connectivity index (χ0v) is 15.7. The first-order valence-corrected chi connectivity index (χ1v) is 9.64. The van der Waals surface area contributed by atoms with Crippen LogP contribution in [0.2, 0.25) is 0 Å². The van der Waals surface area contributed by atoms with E-state index in [4.69, 9.17) is 0 Å². The van der Waals surface area contributed by atoms with Gasteiger partial charge in [0.15, 0.2) is 11.6 Å². The van der Waals surface area contributed by atoms with Crippen LogP contribution in [0.15, 0.2) is 53.9 Å². The average molecular weight is 386 g/mol. The van der Waals surface area contributed by atoms with Crippen LogP contribution in [-0.2, 0) is 24.1 Å². The second-order valence-electron chi connectivity index (χ2n) is 6.27. The Morgan fingerprint density at radius 3 is 2.56 bits per heavy atom. The minimum atomic E-state index is -0.950. The van der Waals surface area contributed by atoms with Gasteiger partial charge in [-0.3, -0.25) is 4.79 Å². The van der Waals surface area contributed by atoms with Crippen molar-refractivity contribution in [1.29, 1.82) is 0 Å². The average Bonchev–Trinajstić information content (AvgIpc) is 3.14. The van der Waals surface area contributed by atoms with Crippen molar-refractivity contribution in [2.24, 2.45) is 0 Å². The molecule has 0 saturated heterocycles. The van der Waals surface area contributed by atoms with Crippen LogP contribution in [0.5, 0.6) is 0 Å². The lowest BCUT2D eigenvalue weighted by atomic mass is 10.1. The van der Waals surface area contributed by atoms with Gasteiger partial charge < -0.3 is 5.32 Å². The minimum Gasteiger partial charge on any atom is -0.346 e. The summed E-state index contributed by atoms with van der Waals surface area (Å²) in [6.45, 7) is 2.03. The number of hydrogen-bond acceptors (Lipinski definition) is 3. The summed E-state index contributed by atoms with van der Waals surface area (Å²) in [5.41, 5.74) is 2.50. The summed E-state index contributed by atoms with van der Waals surface area (Å²) in [6, 6.07) is 13.1. The molecule has 0 spiro atoms. The summed E-state index contributed by atoms with van der Waals surface area (Å²) in [5, 5.41) is 5.83. The molecule has 2 aromatic carbocycles. The smallest absolute Gasteiger partial charge is 0.224 e. The summed E-state index contributed by atoms with van der Waals surface area (Å²) in [7, 11) is 0. The molecule has 0 aliphatic heterocycles. The van der Waals surface area contributed by atoms with E-state index in [0.717, 1.165) is 34.8 Å². The van der Waals surface area contributed by atoms with Crippen LogP contribution in [0.25, 0.3) is 0 Å². The van der Waals surface area contributed by atoms with E-state index in [0.29, 0.717) is 12.0 Å². The number of carbonyl (C=O) groups is 1. The Hall–Kier alpha value is -2.60. The number of nitrogens with zero attached hydrogens (tertiary/aromatic N) is 1. The minimum absolute atomic E-state index is 0.0193. The Bertz CT molecular complexity index is 912. The summed E-state index contributed by atoms with van der Waals surface area (Å²) in [6.07, 6.45) is 1.42. The van der Waals surface area contributed by atoms with Crippen molar-refractivity contribution in [3.63, 3.8) is 0 Å². The summed E-state index contributed by atoms with van der Waals surface area (Å²) in [5.74, 6) is -2.13. The highest BCUT2D eigenvalue weighted by molar-refractivity contribution is 7.09. The summed E-state index contributed by atoms with van der Waals surface area (Å²) >= 11 is 1.52. The van der Waals surface area contributed by atoms with Crippen molar-refractivity contribution >= 4 is 17.2 Å². The zero-order valence-electron chi connectivity index (χ0n) is 14.9. The van der Waals surface area contributed by atoms with Gasteiger partial charge in [-0.25, -0.2) is 13.8 Å². The van der Waals surface area contributed by atoms with Crippen molar-refractivity contribution in [1.82, 2.24) is 10.3 Å². The molecule has 0 saturated carbocycles. The monoisotopic (exact) mass is 386 g/mol. The SMILES string of the molecule is CCc1csc([C@H](Cc2ccccc2)NC(=O)Cc2ccc(F)c(F)c2)n1. The van der Waals surface area contributed by atoms with Crippen molar-refractivity contribution in [3.05, 3.63) is 87.4 Å². The van der Waals surface area contributed by atoms with Gasteiger partial charge in [0.05, 0.1) is 18.2 Å². The quantitative estimate of drug-likeness (QED) is 0.643. The van der Waals surface area contributed by atoms with E-state index < -0.39 is 11.6 Å². The Labute approximate surface area is 161 Å². The molecule has 1 N–H and O–H groups in total. The van der Waals surface area contributed by atoms with E-state index in [2.05, 4.69) is 10.3 Å². The third-order valence-corrected chi connectivity index (χ3v) is 5.20. The van der Waals surface area contributed by atoms with Crippen molar-refractivity contribution in [2.75, 3.05) is 0 Å². The van der Waals surface area contributed by atoms with E-state index in [9.17, 15) is 13.6 Å². The van der Waals surface area contributed by atoms with Gasteiger partial charge in [0, 0.05) is 5.38 Å². The zero-order chi connectivity index (χ0) is 19.2. The molecule has 0 radical (unpaired) electrons. The predicted molar refractivity (Wildman–Crippen MR) is 103 cm³/mol. The first kappa shape index (κ1) is 19.2. The molecular formula is C21H20F2N2OS. The molecule has 0 bridgehead atoms. The highest BCUT2D eigenvalue weighted by Gasteiger charge is 2.19. The second-order valence-corrected chi connectivity index (χ2v) is 7.16. The Kier molecular flexibility index (Phi) is 6.29. The molecule has 1 heterocycles. The molecule has 0 unspecified atom stereocenters. The third kappa shape index (κ3) is 5.20. The van der Waals surface area contributed by atoms with Gasteiger partial charge in [-0.05, 0) is 36.1 Å². The molecule has 3 nitrogen and oxygen atoms in total. The normalized spacial score (nSPS) is 12.0. The van der Waals surface area contributed by atoms with Gasteiger partial charge in [-0.15, -0.1) is 11.3 Å². The molecule has 0 fully saturated rings. The fourth-order valence-corrected chi connectivity index (χ4v) is 3.73. The number of rotatable bonds is 7. The molecule has 27 heavy (non-hydrogen) atoms. The van der Waals surface area contributed by atoms with Crippen molar-refractivity contribution < 1.29 is 13.6 Å². The van der Waals surface area contributed by atoms with Crippen LogP contribution < -0.4 is 5.32 Å². The first-order valence-electron chi connectivity index (χ1n) is 8.76. The number of nitrogens with one attached hydrogen (secondary N) is 1. The summed E-state index contributed by atoms with van der Waals surface area (Å²) < 4.78 is 26.4. The highest BCUT2D eigenvalue weighted by atomic mass is 32.1. The molecule has 1 aromatic heterocycles. The highest BCUT2D eigenvalue weighted by Crippen LogP contribution is 2.23. The lowest BCUT2D eigenvalue weighted by Gasteiger charge is -2.17. The number of amides is 1. The summed E-state index contributed by atoms with van der Waals surface area (Å²) in [4.78, 5) is 17.1. The van der Waals surface area contributed by atoms with E-state index in [1.54, 1.807) is 0 Å². The maximum Gasteiger partial charge on any atom is 0.224 e. The number of hydrogen-bond donors (Lipinski definition) is 1. The van der Waals surface area contributed by atoms with Gasteiger partial charge in [0.1, 0.15) is 5.01 Å². The lowest BCUT2D eigenvalue weighted by molar-refractivity contribution is -0.121. The standard InChI is InChI=1S/C21H20F2N2OS/c1-2-16-13-27-21(24-16)19(11-14-6-4-3-5-7-14)25-20(26)12-15-8-9-17(22)18(23)10-15/h3-10,13,19H,2,11-12H2,1H3,(H,25,26)/t19-/m0/s1. The molecule has 0 aliphatic carbocycles. The maximum atomic E-state index is 13.4. The van der Waals surface area contributed by atoms with Crippen LogP contribution in [0.3, 0.4) is 0 Å². The Morgan fingerprint density at radius 2 is 1.89 bits per heavy atom. The second kappa shape index (κ2) is 8.86. The van der Waals surface area contributed by atoms with E-state index in [1.807, 2.05) is 42.6 Å². The molecule has 1 atom stereocenters. The molecule has 140 valence electrons. The number of halogens is 2. The van der Waals surface area contributed by atoms with Crippen LogP contribution in [-0.4, -0.2) is 10.9 Å². The third-order valence-electron chi connectivity index (χ3n) is 4.20. The van der Waals surface area contributed by atoms with Gasteiger partial charge in [0.2, 0.25) is 5.91 Å². The van der Waals surface area contributed by atoms with E-state index >= 15 is 0 Å². The Balaban J connectivity index is 1.75. The number of benzene rings is 2. The van der Waals surface area contributed by atoms with Crippen molar-refractivity contribution in [2.45, 2.75) is 32.2 Å².